The van der Waals surface area contributed by atoms with Gasteiger partial charge in [0.25, 0.3) is 0 Å². The van der Waals surface area contributed by atoms with Crippen LogP contribution in [0.5, 0.6) is 0 Å². The van der Waals surface area contributed by atoms with Crippen LogP contribution in [0.3, 0.4) is 0 Å². The van der Waals surface area contributed by atoms with Gasteiger partial charge in [0.2, 0.25) is 15.9 Å². The molecule has 5 rings (SSSR count). The van der Waals surface area contributed by atoms with Crippen LogP contribution in [0.2, 0.25) is 0 Å². The minimum Gasteiger partial charge on any atom is -0.399 e. The predicted molar refractivity (Wildman–Crippen MR) is 145 cm³/mol. The molecule has 0 aliphatic carbocycles. The molecule has 1 amide bonds. The van der Waals surface area contributed by atoms with Gasteiger partial charge < -0.3 is 14.8 Å². The van der Waals surface area contributed by atoms with Gasteiger partial charge in [-0.25, -0.2) is 8.42 Å². The van der Waals surface area contributed by atoms with Crippen molar-refractivity contribution in [1.82, 2.24) is 9.21 Å². The molecule has 0 radical (unpaired) electrons. The van der Waals surface area contributed by atoms with Crippen molar-refractivity contribution >= 4 is 21.6 Å². The minimum absolute atomic E-state index is 0.0190. The Morgan fingerprint density at radius 3 is 2.11 bits per heavy atom. The van der Waals surface area contributed by atoms with E-state index in [-0.39, 0.29) is 23.8 Å². The SMILES string of the molecule is CON=C1C[C@@H](C(=O)N2CCC(O)(c3ccccc3)CC2)N(S(=O)(=O)c2ccc(-c3ccccc3)cc2)C1. The summed E-state index contributed by atoms with van der Waals surface area (Å²) in [5.74, 6) is -0.286. The first kappa shape index (κ1) is 26.1. The van der Waals surface area contributed by atoms with Crippen molar-refractivity contribution in [3.8, 4) is 11.1 Å². The number of amides is 1. The van der Waals surface area contributed by atoms with Gasteiger partial charge in [-0.1, -0.05) is 78.0 Å². The van der Waals surface area contributed by atoms with Gasteiger partial charge in [-0.3, -0.25) is 4.79 Å². The van der Waals surface area contributed by atoms with E-state index in [9.17, 15) is 18.3 Å². The highest BCUT2D eigenvalue weighted by molar-refractivity contribution is 7.89. The number of likely N-dealkylation sites (tertiary alicyclic amines) is 1. The second kappa shape index (κ2) is 10.7. The van der Waals surface area contributed by atoms with E-state index in [2.05, 4.69) is 5.16 Å². The predicted octanol–water partition coefficient (Wildman–Crippen LogP) is 3.63. The van der Waals surface area contributed by atoms with Crippen molar-refractivity contribution in [3.05, 3.63) is 90.5 Å². The van der Waals surface area contributed by atoms with Crippen molar-refractivity contribution in [2.24, 2.45) is 5.16 Å². The summed E-state index contributed by atoms with van der Waals surface area (Å²) in [6, 6.07) is 24.9. The third-order valence-corrected chi connectivity index (χ3v) is 9.27. The Morgan fingerprint density at radius 1 is 0.921 bits per heavy atom. The van der Waals surface area contributed by atoms with Gasteiger partial charge in [-0.05, 0) is 41.7 Å². The Bertz CT molecular complexity index is 1400. The molecule has 3 aromatic rings. The zero-order valence-electron chi connectivity index (χ0n) is 21.2. The lowest BCUT2D eigenvalue weighted by Crippen LogP contribution is -2.52. The first-order valence-corrected chi connectivity index (χ1v) is 14.1. The van der Waals surface area contributed by atoms with Gasteiger partial charge >= 0.3 is 0 Å². The molecule has 198 valence electrons. The molecule has 1 N–H and O–H groups in total. The summed E-state index contributed by atoms with van der Waals surface area (Å²) in [4.78, 5) is 20.4. The Morgan fingerprint density at radius 2 is 1.50 bits per heavy atom. The van der Waals surface area contributed by atoms with E-state index in [0.29, 0.717) is 31.6 Å². The second-order valence-corrected chi connectivity index (χ2v) is 11.6. The van der Waals surface area contributed by atoms with Gasteiger partial charge in [0.1, 0.15) is 13.2 Å². The number of hydrogen-bond acceptors (Lipinski definition) is 6. The molecule has 8 nitrogen and oxygen atoms in total. The number of benzene rings is 3. The van der Waals surface area contributed by atoms with Crippen LogP contribution in [0.1, 0.15) is 24.8 Å². The number of nitrogens with zero attached hydrogens (tertiary/aromatic N) is 3. The van der Waals surface area contributed by atoms with Crippen molar-refractivity contribution in [3.63, 3.8) is 0 Å². The molecule has 2 aliphatic rings. The molecular formula is C29H31N3O5S. The maximum atomic E-state index is 13.7. The number of piperidine rings is 1. The van der Waals surface area contributed by atoms with Crippen LogP contribution < -0.4 is 0 Å². The van der Waals surface area contributed by atoms with Crippen molar-refractivity contribution in [1.29, 1.82) is 0 Å². The topological polar surface area (TPSA) is 99.5 Å². The fraction of sp³-hybridized carbons (Fsp3) is 0.310. The van der Waals surface area contributed by atoms with E-state index in [1.54, 1.807) is 29.2 Å². The van der Waals surface area contributed by atoms with Crippen LogP contribution >= 0.6 is 0 Å². The Kier molecular flexibility index (Phi) is 7.34. The first-order chi connectivity index (χ1) is 18.3. The lowest BCUT2D eigenvalue weighted by molar-refractivity contribution is -0.139. The maximum absolute atomic E-state index is 13.7. The quantitative estimate of drug-likeness (QED) is 0.488. The van der Waals surface area contributed by atoms with E-state index in [1.165, 1.54) is 11.4 Å². The summed E-state index contributed by atoms with van der Waals surface area (Å²) in [6.45, 7) is 0.642. The van der Waals surface area contributed by atoms with Gasteiger partial charge in [0.05, 0.1) is 22.8 Å². The molecule has 2 aliphatic heterocycles. The fourth-order valence-corrected chi connectivity index (χ4v) is 6.84. The highest BCUT2D eigenvalue weighted by Gasteiger charge is 2.46. The molecule has 0 unspecified atom stereocenters. The van der Waals surface area contributed by atoms with Gasteiger partial charge in [-0.15, -0.1) is 0 Å². The molecule has 0 spiro atoms. The number of sulfonamides is 1. The summed E-state index contributed by atoms with van der Waals surface area (Å²) >= 11 is 0. The maximum Gasteiger partial charge on any atom is 0.244 e. The van der Waals surface area contributed by atoms with Crippen LogP contribution in [0.15, 0.2) is 95.0 Å². The Labute approximate surface area is 223 Å². The van der Waals surface area contributed by atoms with E-state index < -0.39 is 21.7 Å². The normalized spacial score (nSPS) is 20.9. The zero-order valence-corrected chi connectivity index (χ0v) is 22.0. The van der Waals surface area contributed by atoms with Gasteiger partial charge in [0, 0.05) is 19.5 Å². The van der Waals surface area contributed by atoms with Crippen LogP contribution in [-0.4, -0.2) is 67.1 Å². The monoisotopic (exact) mass is 533 g/mol. The highest BCUT2D eigenvalue weighted by atomic mass is 32.2. The van der Waals surface area contributed by atoms with Crippen LogP contribution in [0.25, 0.3) is 11.1 Å². The summed E-state index contributed by atoms with van der Waals surface area (Å²) in [7, 11) is -2.59. The summed E-state index contributed by atoms with van der Waals surface area (Å²) < 4.78 is 28.7. The second-order valence-electron chi connectivity index (χ2n) is 9.72. The molecule has 38 heavy (non-hydrogen) atoms. The average Bonchev–Trinajstić information content (AvgIpc) is 3.39. The van der Waals surface area contributed by atoms with Crippen molar-refractivity contribution < 1.29 is 23.2 Å². The van der Waals surface area contributed by atoms with Crippen molar-refractivity contribution in [2.75, 3.05) is 26.7 Å². The lowest BCUT2D eigenvalue weighted by Gasteiger charge is -2.40. The van der Waals surface area contributed by atoms with Gasteiger partial charge in [-0.2, -0.15) is 4.31 Å². The summed E-state index contributed by atoms with van der Waals surface area (Å²) in [5, 5.41) is 15.1. The Balaban J connectivity index is 1.36. The lowest BCUT2D eigenvalue weighted by atomic mass is 9.84. The molecule has 1 atom stereocenters. The molecule has 2 saturated heterocycles. The number of carbonyl (C=O) groups is 1. The highest BCUT2D eigenvalue weighted by Crippen LogP contribution is 2.34. The molecule has 0 aromatic heterocycles. The molecule has 0 saturated carbocycles. The van der Waals surface area contributed by atoms with Crippen LogP contribution in [-0.2, 0) is 25.3 Å². The average molecular weight is 534 g/mol. The van der Waals surface area contributed by atoms with Crippen LogP contribution in [0, 0.1) is 0 Å². The molecule has 2 fully saturated rings. The Hall–Kier alpha value is -3.53. The third-order valence-electron chi connectivity index (χ3n) is 7.40. The molecule has 3 aromatic carbocycles. The van der Waals surface area contributed by atoms with E-state index in [1.807, 2.05) is 60.7 Å². The van der Waals surface area contributed by atoms with Crippen LogP contribution in [0.4, 0.5) is 0 Å². The van der Waals surface area contributed by atoms with Gasteiger partial charge in [0.15, 0.2) is 0 Å². The summed E-state index contributed by atoms with van der Waals surface area (Å²) in [6.07, 6.45) is 0.915. The molecule has 0 bridgehead atoms. The first-order valence-electron chi connectivity index (χ1n) is 12.6. The third kappa shape index (κ3) is 5.09. The standard InChI is InChI=1S/C29H31N3O5S/c1-37-30-25-20-27(28(33)31-18-16-29(34,17-19-31)24-10-6-3-7-11-24)32(21-25)38(35,36)26-14-12-23(13-15-26)22-8-4-2-5-9-22/h2-15,27,34H,16-21H2,1H3/t27-/m0/s1. The fourth-order valence-electron chi connectivity index (χ4n) is 5.27. The zero-order chi connectivity index (χ0) is 26.8. The molecule has 9 heteroatoms. The smallest absolute Gasteiger partial charge is 0.244 e. The van der Waals surface area contributed by atoms with E-state index >= 15 is 0 Å². The van der Waals surface area contributed by atoms with E-state index in [4.69, 9.17) is 4.84 Å². The van der Waals surface area contributed by atoms with E-state index in [0.717, 1.165) is 16.7 Å². The number of oxime groups is 1. The number of carbonyl (C=O) groups excluding carboxylic acids is 1. The number of hydrogen-bond donors (Lipinski definition) is 1. The largest absolute Gasteiger partial charge is 0.399 e. The van der Waals surface area contributed by atoms with Crippen molar-refractivity contribution in [2.45, 2.75) is 35.8 Å². The number of rotatable bonds is 6. The molecule has 2 heterocycles. The molecular weight excluding hydrogens is 502 g/mol. The minimum atomic E-state index is -3.99. The number of aliphatic hydroxyl groups is 1. The summed E-state index contributed by atoms with van der Waals surface area (Å²) in [5.41, 5.74) is 2.20.